The minimum Gasteiger partial charge on any atom is -0.354 e. The van der Waals surface area contributed by atoms with Gasteiger partial charge in [0.15, 0.2) is 0 Å². The standard InChI is InChI=1S/C23H32BF3N2O/c24-22(13-9-5-3-1-2-4-6-10-14-22)29-21(30)20-16-18(23(25,26)27)15-19(28-20)17-11-7-8-12-17/h15-17H,1-14H2,(H,29,30). The normalized spacial score (nSPS) is 21.7. The number of hydrogen-bond acceptors (Lipinski definition) is 2. The minimum absolute atomic E-state index is 0.0110. The molecular formula is C23H32BF3N2O. The van der Waals surface area contributed by atoms with Crippen LogP contribution in [0.1, 0.15) is 118 Å². The highest BCUT2D eigenvalue weighted by molar-refractivity contribution is 6.17. The molecular weight excluding hydrogens is 388 g/mol. The fourth-order valence-electron chi connectivity index (χ4n) is 4.74. The number of nitrogens with zero attached hydrogens (tertiary/aromatic N) is 1. The van der Waals surface area contributed by atoms with Crippen LogP contribution < -0.4 is 5.32 Å². The smallest absolute Gasteiger partial charge is 0.354 e. The molecule has 2 aliphatic carbocycles. The maximum atomic E-state index is 13.5. The first-order chi connectivity index (χ1) is 14.3. The molecule has 164 valence electrons. The van der Waals surface area contributed by atoms with E-state index in [2.05, 4.69) is 10.3 Å². The van der Waals surface area contributed by atoms with E-state index >= 15 is 0 Å². The number of hydrogen-bond donors (Lipinski definition) is 1. The van der Waals surface area contributed by atoms with E-state index in [9.17, 15) is 18.0 Å². The maximum Gasteiger partial charge on any atom is 0.416 e. The topological polar surface area (TPSA) is 42.0 Å². The van der Waals surface area contributed by atoms with Gasteiger partial charge >= 0.3 is 6.18 Å². The van der Waals surface area contributed by atoms with Gasteiger partial charge in [0.2, 0.25) is 0 Å². The quantitative estimate of drug-likeness (QED) is 0.586. The zero-order valence-corrected chi connectivity index (χ0v) is 17.7. The molecule has 3 nitrogen and oxygen atoms in total. The molecule has 2 radical (unpaired) electrons. The first-order valence-electron chi connectivity index (χ1n) is 11.5. The van der Waals surface area contributed by atoms with Gasteiger partial charge in [0.1, 0.15) is 13.5 Å². The molecule has 7 heteroatoms. The van der Waals surface area contributed by atoms with Gasteiger partial charge in [-0.05, 0) is 37.8 Å². The van der Waals surface area contributed by atoms with Gasteiger partial charge in [0, 0.05) is 17.1 Å². The molecule has 0 aromatic carbocycles. The van der Waals surface area contributed by atoms with E-state index in [0.29, 0.717) is 18.5 Å². The lowest BCUT2D eigenvalue weighted by atomic mass is 9.70. The van der Waals surface area contributed by atoms with Crippen molar-refractivity contribution in [2.24, 2.45) is 0 Å². The molecule has 1 aromatic heterocycles. The summed E-state index contributed by atoms with van der Waals surface area (Å²) in [6.07, 6.45) is 9.03. The van der Waals surface area contributed by atoms with Crippen LogP contribution in [0.3, 0.4) is 0 Å². The summed E-state index contributed by atoms with van der Waals surface area (Å²) in [7, 11) is 6.54. The SMILES string of the molecule is [B]C1(NC(=O)c2cc(C(F)(F)F)cc(C3CCCC3)n2)CCCCCCCCCC1. The number of amides is 1. The Bertz CT molecular complexity index is 705. The van der Waals surface area contributed by atoms with Crippen molar-refractivity contribution in [2.75, 3.05) is 0 Å². The number of rotatable bonds is 3. The first kappa shape index (κ1) is 23.1. The van der Waals surface area contributed by atoms with Gasteiger partial charge in [-0.25, -0.2) is 4.98 Å². The lowest BCUT2D eigenvalue weighted by Crippen LogP contribution is -2.49. The molecule has 30 heavy (non-hydrogen) atoms. The highest BCUT2D eigenvalue weighted by Crippen LogP contribution is 2.37. The molecule has 2 aliphatic rings. The second kappa shape index (κ2) is 10.2. The Morgan fingerprint density at radius 1 is 0.933 bits per heavy atom. The summed E-state index contributed by atoms with van der Waals surface area (Å²) in [5, 5.41) is 2.85. The summed E-state index contributed by atoms with van der Waals surface area (Å²) in [6, 6.07) is 1.97. The molecule has 0 unspecified atom stereocenters. The fourth-order valence-corrected chi connectivity index (χ4v) is 4.74. The molecule has 0 spiro atoms. The highest BCUT2D eigenvalue weighted by atomic mass is 19.4. The molecule has 1 heterocycles. The number of pyridine rings is 1. The summed E-state index contributed by atoms with van der Waals surface area (Å²) in [5.41, 5.74) is -1.50. The third-order valence-corrected chi connectivity index (χ3v) is 6.54. The van der Waals surface area contributed by atoms with Crippen molar-refractivity contribution in [1.29, 1.82) is 0 Å². The van der Waals surface area contributed by atoms with E-state index in [-0.39, 0.29) is 11.6 Å². The van der Waals surface area contributed by atoms with Crippen LogP contribution in [0.5, 0.6) is 0 Å². The highest BCUT2D eigenvalue weighted by Gasteiger charge is 2.34. The first-order valence-corrected chi connectivity index (χ1v) is 11.5. The zero-order chi connectivity index (χ0) is 21.6. The molecule has 1 aromatic rings. The van der Waals surface area contributed by atoms with Gasteiger partial charge in [-0.15, -0.1) is 0 Å². The fraction of sp³-hybridized carbons (Fsp3) is 0.739. The molecule has 3 rings (SSSR count). The van der Waals surface area contributed by atoms with Gasteiger partial charge in [0.25, 0.3) is 5.91 Å². The van der Waals surface area contributed by atoms with Gasteiger partial charge in [-0.1, -0.05) is 64.2 Å². The van der Waals surface area contributed by atoms with E-state index in [1.54, 1.807) is 0 Å². The van der Waals surface area contributed by atoms with Crippen LogP contribution >= 0.6 is 0 Å². The summed E-state index contributed by atoms with van der Waals surface area (Å²) in [6.45, 7) is 0. The molecule has 2 saturated carbocycles. The van der Waals surface area contributed by atoms with Crippen LogP contribution in [-0.4, -0.2) is 24.2 Å². The van der Waals surface area contributed by atoms with Crippen molar-refractivity contribution < 1.29 is 18.0 Å². The molecule has 2 fully saturated rings. The lowest BCUT2D eigenvalue weighted by molar-refractivity contribution is -0.137. The van der Waals surface area contributed by atoms with E-state index in [1.165, 1.54) is 12.8 Å². The second-order valence-electron chi connectivity index (χ2n) is 9.08. The van der Waals surface area contributed by atoms with Crippen LogP contribution in [0.15, 0.2) is 12.1 Å². The number of halogens is 3. The third kappa shape index (κ3) is 6.48. The van der Waals surface area contributed by atoms with Gasteiger partial charge in [0.05, 0.1) is 5.56 Å². The monoisotopic (exact) mass is 420 g/mol. The molecule has 0 aliphatic heterocycles. The average Bonchev–Trinajstić information content (AvgIpc) is 3.21. The van der Waals surface area contributed by atoms with Crippen molar-refractivity contribution in [3.63, 3.8) is 0 Å². The number of nitrogens with one attached hydrogen (secondary N) is 1. The Labute approximate surface area is 179 Å². The predicted octanol–water partition coefficient (Wildman–Crippen LogP) is 6.27. The number of carbonyl (C=O) groups excluding carboxylic acids is 1. The Morgan fingerprint density at radius 2 is 1.47 bits per heavy atom. The van der Waals surface area contributed by atoms with E-state index < -0.39 is 23.1 Å². The van der Waals surface area contributed by atoms with Crippen molar-refractivity contribution in [1.82, 2.24) is 10.3 Å². The van der Waals surface area contributed by atoms with Crippen LogP contribution in [0.25, 0.3) is 0 Å². The van der Waals surface area contributed by atoms with Crippen molar-refractivity contribution in [2.45, 2.75) is 107 Å². The second-order valence-corrected chi connectivity index (χ2v) is 9.08. The van der Waals surface area contributed by atoms with Gasteiger partial charge in [-0.2, -0.15) is 13.2 Å². The Morgan fingerprint density at radius 3 is 2.00 bits per heavy atom. The summed E-state index contributed by atoms with van der Waals surface area (Å²) < 4.78 is 40.4. The number of aromatic nitrogens is 1. The van der Waals surface area contributed by atoms with Gasteiger partial charge < -0.3 is 5.32 Å². The van der Waals surface area contributed by atoms with Crippen molar-refractivity contribution >= 4 is 13.8 Å². The molecule has 0 bridgehead atoms. The van der Waals surface area contributed by atoms with Crippen LogP contribution in [0, 0.1) is 0 Å². The number of carbonyl (C=O) groups is 1. The predicted molar refractivity (Wildman–Crippen MR) is 113 cm³/mol. The summed E-state index contributed by atoms with van der Waals surface area (Å²) in [4.78, 5) is 17.3. The summed E-state index contributed by atoms with van der Waals surface area (Å²) >= 11 is 0. The molecule has 0 atom stereocenters. The van der Waals surface area contributed by atoms with Crippen molar-refractivity contribution in [3.05, 3.63) is 29.1 Å². The van der Waals surface area contributed by atoms with Crippen LogP contribution in [-0.2, 0) is 6.18 Å². The molecule has 0 saturated heterocycles. The zero-order valence-electron chi connectivity index (χ0n) is 17.7. The average molecular weight is 420 g/mol. The largest absolute Gasteiger partial charge is 0.416 e. The molecule has 1 amide bonds. The third-order valence-electron chi connectivity index (χ3n) is 6.54. The Kier molecular flexibility index (Phi) is 7.86. The van der Waals surface area contributed by atoms with E-state index in [0.717, 1.165) is 76.3 Å². The molecule has 1 N–H and O–H groups in total. The number of alkyl halides is 3. The Balaban J connectivity index is 1.80. The maximum absolute atomic E-state index is 13.5. The van der Waals surface area contributed by atoms with Crippen molar-refractivity contribution in [3.8, 4) is 0 Å². The lowest BCUT2D eigenvalue weighted by Gasteiger charge is -2.32. The van der Waals surface area contributed by atoms with E-state index in [4.69, 9.17) is 7.85 Å². The Hall–Kier alpha value is -1.53. The van der Waals surface area contributed by atoms with Crippen LogP contribution in [0.2, 0.25) is 0 Å². The minimum atomic E-state index is -4.51. The summed E-state index contributed by atoms with van der Waals surface area (Å²) in [5.74, 6) is -0.610. The van der Waals surface area contributed by atoms with E-state index in [1.807, 2.05) is 0 Å². The van der Waals surface area contributed by atoms with Crippen LogP contribution in [0.4, 0.5) is 13.2 Å². The van der Waals surface area contributed by atoms with Gasteiger partial charge in [-0.3, -0.25) is 4.79 Å².